The number of hydrogen-bond donors (Lipinski definition) is 0. The maximum atomic E-state index is 5.50. The van der Waals surface area contributed by atoms with E-state index >= 15 is 0 Å². The van der Waals surface area contributed by atoms with Crippen LogP contribution in [0.5, 0.6) is 0 Å². The lowest BCUT2D eigenvalue weighted by atomic mass is 9.86. The molecule has 0 N–H and O–H groups in total. The lowest BCUT2D eigenvalue weighted by Gasteiger charge is -2.17. The number of fused-ring (bicyclic) bond motifs is 1. The van der Waals surface area contributed by atoms with Gasteiger partial charge in [0.25, 0.3) is 0 Å². The Kier molecular flexibility index (Phi) is 2.32. The van der Waals surface area contributed by atoms with Crippen molar-refractivity contribution in [2.45, 2.75) is 50.4 Å². The second-order valence-corrected chi connectivity index (χ2v) is 5.03. The van der Waals surface area contributed by atoms with Crippen molar-refractivity contribution < 1.29 is 4.74 Å². The summed E-state index contributed by atoms with van der Waals surface area (Å²) in [5.41, 5.74) is 0. The minimum Gasteiger partial charge on any atom is -0.370 e. The Morgan fingerprint density at radius 2 is 2.18 bits per heavy atom. The summed E-state index contributed by atoms with van der Waals surface area (Å²) in [6.45, 7) is 0. The van der Waals surface area contributed by atoms with Crippen molar-refractivity contribution in [3.63, 3.8) is 0 Å². The molecule has 1 saturated heterocycles. The monoisotopic (exact) mass is 170 g/mol. The normalized spacial score (nSPS) is 42.0. The minimum absolute atomic E-state index is 0.697. The summed E-state index contributed by atoms with van der Waals surface area (Å²) < 4.78 is 5.50. The summed E-state index contributed by atoms with van der Waals surface area (Å²) in [4.78, 5) is 0. The fraction of sp³-hybridized carbons (Fsp3) is 1.00. The van der Waals surface area contributed by atoms with Gasteiger partial charge in [0.1, 0.15) is 0 Å². The first-order valence-corrected chi connectivity index (χ1v) is 6.47. The topological polar surface area (TPSA) is 12.5 Å². The Bertz CT molecular complexity index is 138. The molecule has 2 aliphatic rings. The van der Waals surface area contributed by atoms with Gasteiger partial charge in [-0.05, 0) is 25.2 Å². The van der Waals surface area contributed by atoms with Crippen LogP contribution in [0.4, 0.5) is 0 Å². The molecule has 2 fully saturated rings. The van der Waals surface area contributed by atoms with Crippen LogP contribution in [0, 0.1) is 5.92 Å². The molecule has 2 rings (SSSR count). The third kappa shape index (κ3) is 1.85. The summed E-state index contributed by atoms with van der Waals surface area (Å²) in [5.74, 6) is 1.02. The molecule has 0 aromatic heterocycles. The second kappa shape index (κ2) is 3.28. The van der Waals surface area contributed by atoms with Crippen molar-refractivity contribution in [3.8, 4) is 0 Å². The zero-order valence-electron chi connectivity index (χ0n) is 7.38. The van der Waals surface area contributed by atoms with Crippen molar-refractivity contribution in [2.24, 2.45) is 5.92 Å². The van der Waals surface area contributed by atoms with Gasteiger partial charge in [0.05, 0.1) is 12.2 Å². The van der Waals surface area contributed by atoms with Gasteiger partial charge in [0.2, 0.25) is 0 Å². The molecular formula is C9H18OSi. The SMILES string of the molecule is [SiH3]CCCC1CCC2OC2C1. The van der Waals surface area contributed by atoms with Crippen LogP contribution < -0.4 is 0 Å². The molecule has 0 radical (unpaired) electrons. The highest BCUT2D eigenvalue weighted by molar-refractivity contribution is 6.08. The van der Waals surface area contributed by atoms with Gasteiger partial charge in [0, 0.05) is 10.2 Å². The predicted molar refractivity (Wildman–Crippen MR) is 50.0 cm³/mol. The van der Waals surface area contributed by atoms with E-state index in [4.69, 9.17) is 4.74 Å². The number of ether oxygens (including phenoxy) is 1. The van der Waals surface area contributed by atoms with Crippen molar-refractivity contribution in [2.75, 3.05) is 0 Å². The Morgan fingerprint density at radius 3 is 2.91 bits per heavy atom. The van der Waals surface area contributed by atoms with Crippen LogP contribution in [-0.2, 0) is 4.74 Å². The molecule has 0 aromatic carbocycles. The summed E-state index contributed by atoms with van der Waals surface area (Å²) in [6.07, 6.45) is 8.54. The highest BCUT2D eigenvalue weighted by Gasteiger charge is 2.43. The van der Waals surface area contributed by atoms with E-state index in [-0.39, 0.29) is 0 Å². The molecule has 3 unspecified atom stereocenters. The van der Waals surface area contributed by atoms with E-state index in [1.165, 1.54) is 48.4 Å². The zero-order valence-corrected chi connectivity index (χ0v) is 9.38. The summed E-state index contributed by atoms with van der Waals surface area (Å²) in [6, 6.07) is 1.49. The van der Waals surface area contributed by atoms with Gasteiger partial charge >= 0.3 is 0 Å². The van der Waals surface area contributed by atoms with E-state index in [9.17, 15) is 0 Å². The molecule has 1 aliphatic heterocycles. The molecular weight excluding hydrogens is 152 g/mol. The Hall–Kier alpha value is 0.177. The van der Waals surface area contributed by atoms with Crippen molar-refractivity contribution in [3.05, 3.63) is 0 Å². The van der Waals surface area contributed by atoms with E-state index in [0.717, 1.165) is 5.92 Å². The number of hydrogen-bond acceptors (Lipinski definition) is 1. The third-order valence-electron chi connectivity index (χ3n) is 3.08. The molecule has 0 aromatic rings. The molecule has 1 nitrogen and oxygen atoms in total. The average molecular weight is 170 g/mol. The van der Waals surface area contributed by atoms with E-state index in [1.807, 2.05) is 0 Å². The molecule has 2 heteroatoms. The quantitative estimate of drug-likeness (QED) is 0.457. The Balaban J connectivity index is 1.68. The smallest absolute Gasteiger partial charge is 0.0844 e. The molecule has 0 spiro atoms. The summed E-state index contributed by atoms with van der Waals surface area (Å²) in [7, 11) is 1.39. The van der Waals surface area contributed by atoms with Gasteiger partial charge in [-0.1, -0.05) is 18.9 Å². The molecule has 64 valence electrons. The minimum atomic E-state index is 0.697. The molecule has 0 amide bonds. The average Bonchev–Trinajstić information content (AvgIpc) is 2.78. The first kappa shape index (κ1) is 7.81. The largest absolute Gasteiger partial charge is 0.370 e. The van der Waals surface area contributed by atoms with Crippen LogP contribution in [0.15, 0.2) is 0 Å². The molecule has 1 aliphatic carbocycles. The second-order valence-electron chi connectivity index (χ2n) is 4.03. The van der Waals surface area contributed by atoms with E-state index in [0.29, 0.717) is 12.2 Å². The molecule has 1 saturated carbocycles. The fourth-order valence-corrected chi connectivity index (χ4v) is 2.65. The van der Waals surface area contributed by atoms with E-state index in [2.05, 4.69) is 0 Å². The predicted octanol–water partition coefficient (Wildman–Crippen LogP) is 1.12. The highest BCUT2D eigenvalue weighted by Crippen LogP contribution is 2.40. The van der Waals surface area contributed by atoms with Crippen LogP contribution in [0.25, 0.3) is 0 Å². The molecule has 11 heavy (non-hydrogen) atoms. The number of rotatable bonds is 3. The van der Waals surface area contributed by atoms with Crippen LogP contribution in [0.2, 0.25) is 6.04 Å². The maximum absolute atomic E-state index is 5.50. The van der Waals surface area contributed by atoms with Gasteiger partial charge in [-0.3, -0.25) is 0 Å². The highest BCUT2D eigenvalue weighted by atomic mass is 28.1. The van der Waals surface area contributed by atoms with Crippen LogP contribution in [0.3, 0.4) is 0 Å². The zero-order chi connectivity index (χ0) is 7.68. The molecule has 3 atom stereocenters. The maximum Gasteiger partial charge on any atom is 0.0844 e. The lowest BCUT2D eigenvalue weighted by molar-refractivity contribution is 0.350. The van der Waals surface area contributed by atoms with Crippen molar-refractivity contribution in [1.29, 1.82) is 0 Å². The van der Waals surface area contributed by atoms with E-state index < -0.39 is 0 Å². The standard InChI is InChI=1S/C9H18OSi/c11-5-1-2-7-3-4-8-9(6-7)10-8/h7-9H,1-6H2,11H3. The van der Waals surface area contributed by atoms with Gasteiger partial charge in [-0.15, -0.1) is 0 Å². The Labute approximate surface area is 71.9 Å². The van der Waals surface area contributed by atoms with Gasteiger partial charge in [0.15, 0.2) is 0 Å². The summed E-state index contributed by atoms with van der Waals surface area (Å²) in [5, 5.41) is 0. The van der Waals surface area contributed by atoms with Crippen molar-refractivity contribution >= 4 is 10.2 Å². The van der Waals surface area contributed by atoms with Crippen LogP contribution >= 0.6 is 0 Å². The van der Waals surface area contributed by atoms with Crippen LogP contribution in [0.1, 0.15) is 32.1 Å². The van der Waals surface area contributed by atoms with Crippen LogP contribution in [-0.4, -0.2) is 22.5 Å². The van der Waals surface area contributed by atoms with E-state index in [1.54, 1.807) is 0 Å². The molecule has 0 bridgehead atoms. The molecule has 1 heterocycles. The first-order chi connectivity index (χ1) is 5.40. The fourth-order valence-electron chi connectivity index (χ4n) is 2.24. The van der Waals surface area contributed by atoms with Gasteiger partial charge < -0.3 is 4.74 Å². The van der Waals surface area contributed by atoms with Gasteiger partial charge in [-0.25, -0.2) is 0 Å². The van der Waals surface area contributed by atoms with Gasteiger partial charge in [-0.2, -0.15) is 0 Å². The Morgan fingerprint density at radius 1 is 1.27 bits per heavy atom. The third-order valence-corrected chi connectivity index (χ3v) is 3.79. The lowest BCUT2D eigenvalue weighted by Crippen LogP contribution is -2.13. The first-order valence-electron chi connectivity index (χ1n) is 5.05. The number of epoxide rings is 1. The summed E-state index contributed by atoms with van der Waals surface area (Å²) >= 11 is 0. The van der Waals surface area contributed by atoms with Crippen molar-refractivity contribution in [1.82, 2.24) is 0 Å².